The fourth-order valence-corrected chi connectivity index (χ4v) is 6.61. The van der Waals surface area contributed by atoms with Crippen LogP contribution in [0.5, 0.6) is 0 Å². The summed E-state index contributed by atoms with van der Waals surface area (Å²) in [5.74, 6) is -0.931. The fraction of sp³-hybridized carbons (Fsp3) is 0.115. The molecule has 1 amide bonds. The molecule has 1 unspecified atom stereocenters. The number of aromatic amines is 1. The van der Waals surface area contributed by atoms with Crippen LogP contribution in [0.25, 0.3) is 22.4 Å². The zero-order valence-electron chi connectivity index (χ0n) is 19.2. The van der Waals surface area contributed by atoms with Gasteiger partial charge in [0.05, 0.1) is 16.1 Å². The summed E-state index contributed by atoms with van der Waals surface area (Å²) in [5.41, 5.74) is 4.61. The van der Waals surface area contributed by atoms with E-state index in [4.69, 9.17) is 4.42 Å². The molecule has 6 rings (SSSR count). The van der Waals surface area contributed by atoms with Crippen LogP contribution in [0.3, 0.4) is 0 Å². The summed E-state index contributed by atoms with van der Waals surface area (Å²) in [7, 11) is -3.63. The monoisotopic (exact) mass is 532 g/mol. The van der Waals surface area contributed by atoms with Gasteiger partial charge in [0.1, 0.15) is 5.37 Å². The lowest BCUT2D eigenvalue weighted by atomic mass is 10.0. The molecule has 0 aliphatic carbocycles. The number of rotatable bonds is 5. The van der Waals surface area contributed by atoms with Crippen LogP contribution >= 0.6 is 11.3 Å². The third-order valence-electron chi connectivity index (χ3n) is 6.27. The number of aryl methyl sites for hydroxylation is 1. The van der Waals surface area contributed by atoms with Crippen molar-refractivity contribution in [2.75, 3.05) is 10.6 Å². The van der Waals surface area contributed by atoms with E-state index in [9.17, 15) is 18.0 Å². The second-order valence-electron chi connectivity index (χ2n) is 8.62. The second kappa shape index (κ2) is 9.02. The van der Waals surface area contributed by atoms with Gasteiger partial charge in [-0.3, -0.25) is 15.1 Å². The minimum atomic E-state index is -3.63. The number of sulfone groups is 1. The van der Waals surface area contributed by atoms with E-state index < -0.39 is 26.9 Å². The van der Waals surface area contributed by atoms with Gasteiger partial charge in [0.25, 0.3) is 5.91 Å². The fourth-order valence-electron chi connectivity index (χ4n) is 4.34. The van der Waals surface area contributed by atoms with Crippen molar-refractivity contribution in [2.45, 2.75) is 23.1 Å². The lowest BCUT2D eigenvalue weighted by Crippen LogP contribution is -2.33. The maximum absolute atomic E-state index is 13.2. The molecule has 0 saturated carbocycles. The summed E-state index contributed by atoms with van der Waals surface area (Å²) in [6.07, 6.45) is 1.15. The number of amides is 1. The number of thiazole rings is 1. The number of hydrogen-bond donors (Lipinski definition) is 3. The van der Waals surface area contributed by atoms with Gasteiger partial charge >= 0.3 is 5.76 Å². The highest BCUT2D eigenvalue weighted by Crippen LogP contribution is 2.30. The van der Waals surface area contributed by atoms with Crippen LogP contribution in [0.15, 0.2) is 86.2 Å². The van der Waals surface area contributed by atoms with Gasteiger partial charge in [0.2, 0.25) is 0 Å². The van der Waals surface area contributed by atoms with Crippen molar-refractivity contribution < 1.29 is 17.6 Å². The third-order valence-corrected chi connectivity index (χ3v) is 9.06. The molecule has 1 aliphatic heterocycles. The minimum Gasteiger partial charge on any atom is -0.408 e. The number of fused-ring (bicyclic) bond motifs is 2. The highest BCUT2D eigenvalue weighted by Gasteiger charge is 2.30. The normalized spacial score (nSPS) is 15.2. The summed E-state index contributed by atoms with van der Waals surface area (Å²) in [4.78, 5) is 31.3. The molecule has 11 heteroatoms. The Labute approximate surface area is 215 Å². The first-order valence-electron chi connectivity index (χ1n) is 11.5. The Morgan fingerprint density at radius 2 is 1.89 bits per heavy atom. The van der Waals surface area contributed by atoms with E-state index in [2.05, 4.69) is 20.6 Å². The molecule has 5 aromatic rings. The lowest BCUT2D eigenvalue weighted by Gasteiger charge is -2.26. The molecule has 9 nitrogen and oxygen atoms in total. The van der Waals surface area contributed by atoms with Gasteiger partial charge < -0.3 is 9.73 Å². The Kier molecular flexibility index (Phi) is 5.65. The smallest absolute Gasteiger partial charge is 0.408 e. The molecular formula is C26H20N4O5S2. The quantitative estimate of drug-likeness (QED) is 0.300. The Bertz CT molecular complexity index is 1800. The van der Waals surface area contributed by atoms with Crippen molar-refractivity contribution in [1.29, 1.82) is 0 Å². The molecular weight excluding hydrogens is 512 g/mol. The lowest BCUT2D eigenvalue weighted by molar-refractivity contribution is 0.102. The molecule has 3 heterocycles. The van der Waals surface area contributed by atoms with Crippen LogP contribution in [-0.2, 0) is 16.3 Å². The number of para-hydroxylation sites is 1. The minimum absolute atomic E-state index is 0.157. The molecule has 0 saturated heterocycles. The molecule has 0 fully saturated rings. The highest BCUT2D eigenvalue weighted by molar-refractivity contribution is 7.92. The molecule has 0 bridgehead atoms. The number of anilines is 2. The largest absolute Gasteiger partial charge is 0.417 e. The summed E-state index contributed by atoms with van der Waals surface area (Å²) >= 11 is 1.25. The van der Waals surface area contributed by atoms with Crippen molar-refractivity contribution in [3.05, 3.63) is 93.8 Å². The number of benzene rings is 3. The third kappa shape index (κ3) is 4.43. The van der Waals surface area contributed by atoms with E-state index in [0.717, 1.165) is 16.8 Å². The van der Waals surface area contributed by atoms with Crippen LogP contribution in [0.1, 0.15) is 22.3 Å². The molecule has 186 valence electrons. The Hall–Kier alpha value is -4.22. The first-order chi connectivity index (χ1) is 17.9. The molecule has 37 heavy (non-hydrogen) atoms. The predicted molar refractivity (Wildman–Crippen MR) is 142 cm³/mol. The summed E-state index contributed by atoms with van der Waals surface area (Å²) < 4.78 is 31.5. The maximum atomic E-state index is 13.2. The standard InChI is InChI=1S/C26H20N4O5S2/c31-24(30-25-28-21(14-36-25)17-7-11-20-22(13-17)35-26(32)29-20)16-5-9-18(10-6-16)37(33,34)23-12-8-15-3-1-2-4-19(15)27-23/h1-7,9-11,13-14,23,27H,8,12H2,(H,29,32)(H,28,30,31). The average molecular weight is 533 g/mol. The number of hydrogen-bond acceptors (Lipinski definition) is 8. The first kappa shape index (κ1) is 23.2. The summed E-state index contributed by atoms with van der Waals surface area (Å²) in [5, 5.41) is 7.33. The molecule has 1 atom stereocenters. The average Bonchev–Trinajstić information content (AvgIpc) is 3.53. The number of oxazole rings is 1. The zero-order valence-corrected chi connectivity index (χ0v) is 20.9. The van der Waals surface area contributed by atoms with Crippen molar-refractivity contribution in [1.82, 2.24) is 9.97 Å². The van der Waals surface area contributed by atoms with Crippen molar-refractivity contribution in [3.8, 4) is 11.3 Å². The molecule has 2 aromatic heterocycles. The van der Waals surface area contributed by atoms with Crippen molar-refractivity contribution >= 4 is 49.0 Å². The Morgan fingerprint density at radius 1 is 1.08 bits per heavy atom. The maximum Gasteiger partial charge on any atom is 0.417 e. The van der Waals surface area contributed by atoms with Crippen LogP contribution in [-0.4, -0.2) is 29.7 Å². The zero-order chi connectivity index (χ0) is 25.6. The summed E-state index contributed by atoms with van der Waals surface area (Å²) in [6.45, 7) is 0. The molecule has 3 N–H and O–H groups in total. The van der Waals surface area contributed by atoms with Crippen molar-refractivity contribution in [2.24, 2.45) is 0 Å². The number of nitrogens with zero attached hydrogens (tertiary/aromatic N) is 1. The van der Waals surface area contributed by atoms with Crippen LogP contribution in [0.2, 0.25) is 0 Å². The molecule has 0 radical (unpaired) electrons. The topological polar surface area (TPSA) is 134 Å². The van der Waals surface area contributed by atoms with E-state index >= 15 is 0 Å². The van der Waals surface area contributed by atoms with Crippen LogP contribution in [0.4, 0.5) is 10.8 Å². The van der Waals surface area contributed by atoms with Crippen LogP contribution < -0.4 is 16.4 Å². The van der Waals surface area contributed by atoms with Gasteiger partial charge in [-0.2, -0.15) is 0 Å². The molecule has 1 aliphatic rings. The van der Waals surface area contributed by atoms with Gasteiger partial charge in [0, 0.05) is 22.2 Å². The Morgan fingerprint density at radius 3 is 2.73 bits per heavy atom. The SMILES string of the molecule is O=C(Nc1nc(-c2ccc3[nH]c(=O)oc3c2)cs1)c1ccc(S(=O)(=O)C2CCc3ccccc3N2)cc1. The number of aromatic nitrogens is 2. The predicted octanol–water partition coefficient (Wildman–Crippen LogP) is 4.66. The van der Waals surface area contributed by atoms with Crippen LogP contribution in [0, 0.1) is 0 Å². The van der Waals surface area contributed by atoms with E-state index in [1.807, 2.05) is 24.3 Å². The van der Waals surface area contributed by atoms with Gasteiger partial charge in [-0.15, -0.1) is 11.3 Å². The number of nitrogens with one attached hydrogen (secondary N) is 3. The van der Waals surface area contributed by atoms with E-state index in [0.29, 0.717) is 40.3 Å². The summed E-state index contributed by atoms with van der Waals surface area (Å²) in [6, 6.07) is 18.8. The molecule has 3 aromatic carbocycles. The van der Waals surface area contributed by atoms with Crippen molar-refractivity contribution in [3.63, 3.8) is 0 Å². The second-order valence-corrected chi connectivity index (χ2v) is 11.6. The highest BCUT2D eigenvalue weighted by atomic mass is 32.2. The van der Waals surface area contributed by atoms with E-state index in [-0.39, 0.29) is 4.90 Å². The van der Waals surface area contributed by atoms with Gasteiger partial charge in [-0.25, -0.2) is 18.2 Å². The van der Waals surface area contributed by atoms with Gasteiger partial charge in [-0.1, -0.05) is 24.3 Å². The molecule has 0 spiro atoms. The first-order valence-corrected chi connectivity index (χ1v) is 13.9. The number of carbonyl (C=O) groups excluding carboxylic acids is 1. The number of carbonyl (C=O) groups is 1. The number of H-pyrrole nitrogens is 1. The van der Waals surface area contributed by atoms with E-state index in [1.165, 1.54) is 35.6 Å². The van der Waals surface area contributed by atoms with Gasteiger partial charge in [0.15, 0.2) is 20.6 Å². The Balaban J connectivity index is 1.15. The van der Waals surface area contributed by atoms with Gasteiger partial charge in [-0.05, 0) is 60.9 Å². The van der Waals surface area contributed by atoms with E-state index in [1.54, 1.807) is 23.6 Å².